The van der Waals surface area contributed by atoms with Crippen LogP contribution in [0.15, 0.2) is 185 Å². The second kappa shape index (κ2) is 11.9. The molecule has 260 valence electrons. The standard InChI is InChI=1S/C51H29N3O2/c1-2-10-33-26-34(19-16-30(33)8-1)35-20-17-31-18-21-36(28-38(31)27-35)49-52-50(54-51(53-49)42-13-7-15-46-47(42)41-12-5-6-14-44(41)55-46)37-23-25-45-43(29-37)40-24-22-32-9-3-4-11-39(32)48(40)56-45/h1-29H. The second-order valence-electron chi connectivity index (χ2n) is 14.4. The minimum atomic E-state index is 0.579. The minimum absolute atomic E-state index is 0.579. The van der Waals surface area contributed by atoms with Crippen molar-refractivity contribution in [1.82, 2.24) is 15.0 Å². The molecule has 0 bridgehead atoms. The number of nitrogens with zero attached hydrogens (tertiary/aromatic N) is 3. The third-order valence-corrected chi connectivity index (χ3v) is 11.1. The summed E-state index contributed by atoms with van der Waals surface area (Å²) >= 11 is 0. The molecule has 0 aliphatic carbocycles. The molecule has 0 atom stereocenters. The minimum Gasteiger partial charge on any atom is -0.456 e. The number of hydrogen-bond acceptors (Lipinski definition) is 5. The van der Waals surface area contributed by atoms with Crippen molar-refractivity contribution in [2.75, 3.05) is 0 Å². The van der Waals surface area contributed by atoms with Crippen LogP contribution in [-0.2, 0) is 0 Å². The fraction of sp³-hybridized carbons (Fsp3) is 0. The van der Waals surface area contributed by atoms with Gasteiger partial charge in [0.1, 0.15) is 22.3 Å². The van der Waals surface area contributed by atoms with E-state index in [2.05, 4.69) is 133 Å². The molecule has 0 spiro atoms. The summed E-state index contributed by atoms with van der Waals surface area (Å²) in [6.45, 7) is 0. The number of fused-ring (bicyclic) bond motifs is 10. The molecular formula is C51H29N3O2. The van der Waals surface area contributed by atoms with Crippen LogP contribution in [0.2, 0.25) is 0 Å². The maximum absolute atomic E-state index is 6.46. The number of aromatic nitrogens is 3. The van der Waals surface area contributed by atoms with Crippen molar-refractivity contribution in [3.8, 4) is 45.3 Å². The number of benzene rings is 9. The number of furan rings is 2. The third-order valence-electron chi connectivity index (χ3n) is 11.1. The van der Waals surface area contributed by atoms with Gasteiger partial charge in [-0.05, 0) is 92.7 Å². The summed E-state index contributed by atoms with van der Waals surface area (Å²) in [6, 6.07) is 61.2. The van der Waals surface area contributed by atoms with Crippen LogP contribution in [0, 0.1) is 0 Å². The first kappa shape index (κ1) is 30.8. The van der Waals surface area contributed by atoms with E-state index in [1.165, 1.54) is 16.3 Å². The smallest absolute Gasteiger partial charge is 0.164 e. The number of rotatable bonds is 4. The lowest BCUT2D eigenvalue weighted by molar-refractivity contribution is 0.669. The Kier molecular flexibility index (Phi) is 6.56. The van der Waals surface area contributed by atoms with E-state index in [4.69, 9.17) is 23.8 Å². The Balaban J connectivity index is 1.06. The molecule has 0 unspecified atom stereocenters. The third kappa shape index (κ3) is 4.84. The highest BCUT2D eigenvalue weighted by atomic mass is 16.3. The molecule has 0 aliphatic heterocycles. The average molecular weight is 716 g/mol. The van der Waals surface area contributed by atoms with Gasteiger partial charge in [0, 0.05) is 43.6 Å². The highest BCUT2D eigenvalue weighted by Crippen LogP contribution is 2.39. The van der Waals surface area contributed by atoms with E-state index in [0.29, 0.717) is 17.5 Å². The molecular weight excluding hydrogens is 687 g/mol. The van der Waals surface area contributed by atoms with E-state index in [9.17, 15) is 0 Å². The van der Waals surface area contributed by atoms with Gasteiger partial charge in [-0.2, -0.15) is 0 Å². The summed E-state index contributed by atoms with van der Waals surface area (Å²) in [4.78, 5) is 15.6. The van der Waals surface area contributed by atoms with Gasteiger partial charge in [-0.25, -0.2) is 15.0 Å². The Morgan fingerprint density at radius 3 is 1.71 bits per heavy atom. The Bertz CT molecular complexity index is 3560. The zero-order valence-corrected chi connectivity index (χ0v) is 29.9. The Morgan fingerprint density at radius 2 is 0.875 bits per heavy atom. The van der Waals surface area contributed by atoms with Gasteiger partial charge in [0.15, 0.2) is 17.5 Å². The van der Waals surface area contributed by atoms with Gasteiger partial charge < -0.3 is 8.83 Å². The van der Waals surface area contributed by atoms with Crippen molar-refractivity contribution in [2.45, 2.75) is 0 Å². The Hall–Kier alpha value is -7.63. The summed E-state index contributed by atoms with van der Waals surface area (Å²) < 4.78 is 12.8. The molecule has 0 N–H and O–H groups in total. The lowest BCUT2D eigenvalue weighted by Crippen LogP contribution is -2.00. The van der Waals surface area contributed by atoms with E-state index in [1.54, 1.807) is 0 Å². The molecule has 56 heavy (non-hydrogen) atoms. The van der Waals surface area contributed by atoms with Crippen molar-refractivity contribution < 1.29 is 8.83 Å². The van der Waals surface area contributed by atoms with Gasteiger partial charge in [0.05, 0.1) is 0 Å². The van der Waals surface area contributed by atoms with Crippen LogP contribution >= 0.6 is 0 Å². The molecule has 0 amide bonds. The molecule has 12 aromatic rings. The highest BCUT2D eigenvalue weighted by molar-refractivity contribution is 6.16. The fourth-order valence-electron chi connectivity index (χ4n) is 8.29. The van der Waals surface area contributed by atoms with Gasteiger partial charge >= 0.3 is 0 Å². The lowest BCUT2D eigenvalue weighted by atomic mass is 9.98. The average Bonchev–Trinajstić information content (AvgIpc) is 3.84. The summed E-state index contributed by atoms with van der Waals surface area (Å²) in [6.07, 6.45) is 0. The summed E-state index contributed by atoms with van der Waals surface area (Å²) in [5, 5.41) is 11.0. The molecule has 5 nitrogen and oxygen atoms in total. The van der Waals surface area contributed by atoms with Crippen molar-refractivity contribution in [2.24, 2.45) is 0 Å². The van der Waals surface area contributed by atoms with E-state index >= 15 is 0 Å². The maximum Gasteiger partial charge on any atom is 0.164 e. The molecule has 5 heteroatoms. The van der Waals surface area contributed by atoms with Gasteiger partial charge in [-0.1, -0.05) is 121 Å². The number of para-hydroxylation sites is 1. The van der Waals surface area contributed by atoms with Gasteiger partial charge in [-0.3, -0.25) is 0 Å². The SMILES string of the molecule is c1ccc2cc(-c3ccc4ccc(-c5nc(-c6ccc7oc8c9ccccc9ccc8c7c6)nc(-c6cccc7oc8ccccc8c67)n5)cc4c3)ccc2c1. The second-order valence-corrected chi connectivity index (χ2v) is 14.4. The van der Waals surface area contributed by atoms with E-state index in [0.717, 1.165) is 87.7 Å². The van der Waals surface area contributed by atoms with Crippen LogP contribution in [0.25, 0.3) is 121 Å². The first-order valence-electron chi connectivity index (χ1n) is 18.7. The quantitative estimate of drug-likeness (QED) is 0.181. The predicted octanol–water partition coefficient (Wildman–Crippen LogP) is 13.8. The van der Waals surface area contributed by atoms with Gasteiger partial charge in [0.2, 0.25) is 0 Å². The molecule has 0 aliphatic rings. The molecule has 0 saturated carbocycles. The van der Waals surface area contributed by atoms with Crippen molar-refractivity contribution >= 4 is 76.2 Å². The van der Waals surface area contributed by atoms with E-state index < -0.39 is 0 Å². The maximum atomic E-state index is 6.46. The first-order valence-corrected chi connectivity index (χ1v) is 18.7. The summed E-state index contributed by atoms with van der Waals surface area (Å²) in [7, 11) is 0. The zero-order valence-electron chi connectivity index (χ0n) is 29.9. The molecule has 0 radical (unpaired) electrons. The Morgan fingerprint density at radius 1 is 0.304 bits per heavy atom. The molecule has 0 fully saturated rings. The molecule has 12 rings (SSSR count). The normalized spacial score (nSPS) is 11.9. The largest absolute Gasteiger partial charge is 0.456 e. The van der Waals surface area contributed by atoms with Gasteiger partial charge in [-0.15, -0.1) is 0 Å². The van der Waals surface area contributed by atoms with Crippen LogP contribution in [0.1, 0.15) is 0 Å². The summed E-state index contributed by atoms with van der Waals surface area (Å²) in [5.74, 6) is 1.75. The fourth-order valence-corrected chi connectivity index (χ4v) is 8.29. The predicted molar refractivity (Wildman–Crippen MR) is 229 cm³/mol. The van der Waals surface area contributed by atoms with Crippen LogP contribution in [0.4, 0.5) is 0 Å². The molecule has 0 saturated heterocycles. The molecule has 3 heterocycles. The van der Waals surface area contributed by atoms with Crippen LogP contribution < -0.4 is 0 Å². The van der Waals surface area contributed by atoms with Crippen LogP contribution in [0.3, 0.4) is 0 Å². The summed E-state index contributed by atoms with van der Waals surface area (Å²) in [5.41, 5.74) is 8.32. The van der Waals surface area contributed by atoms with E-state index in [-0.39, 0.29) is 0 Å². The number of hydrogen-bond donors (Lipinski definition) is 0. The highest BCUT2D eigenvalue weighted by Gasteiger charge is 2.19. The zero-order chi connectivity index (χ0) is 36.7. The van der Waals surface area contributed by atoms with Crippen molar-refractivity contribution in [3.05, 3.63) is 176 Å². The van der Waals surface area contributed by atoms with Crippen LogP contribution in [0.5, 0.6) is 0 Å². The molecule has 9 aromatic carbocycles. The van der Waals surface area contributed by atoms with Crippen LogP contribution in [-0.4, -0.2) is 15.0 Å². The topological polar surface area (TPSA) is 65.0 Å². The van der Waals surface area contributed by atoms with Gasteiger partial charge in [0.25, 0.3) is 0 Å². The monoisotopic (exact) mass is 715 g/mol. The molecule has 3 aromatic heterocycles. The Labute approximate surface area is 320 Å². The van der Waals surface area contributed by atoms with Crippen molar-refractivity contribution in [3.63, 3.8) is 0 Å². The first-order chi connectivity index (χ1) is 27.7. The van der Waals surface area contributed by atoms with E-state index in [1.807, 2.05) is 42.5 Å². The lowest BCUT2D eigenvalue weighted by Gasteiger charge is -2.11. The van der Waals surface area contributed by atoms with Crippen molar-refractivity contribution in [1.29, 1.82) is 0 Å².